The van der Waals surface area contributed by atoms with Crippen molar-refractivity contribution in [1.82, 2.24) is 9.88 Å². The molecule has 0 N–H and O–H groups in total. The van der Waals surface area contributed by atoms with Gasteiger partial charge in [-0.25, -0.2) is 4.98 Å². The first-order valence-corrected chi connectivity index (χ1v) is 7.20. The quantitative estimate of drug-likeness (QED) is 0.785. The highest BCUT2D eigenvalue weighted by Crippen LogP contribution is 2.20. The summed E-state index contributed by atoms with van der Waals surface area (Å²) in [5.41, 5.74) is 2.21. The smallest absolute Gasteiger partial charge is 0.129 e. The van der Waals surface area contributed by atoms with Gasteiger partial charge < -0.3 is 4.90 Å². The van der Waals surface area contributed by atoms with Crippen LogP contribution in [0.15, 0.2) is 12.1 Å². The van der Waals surface area contributed by atoms with E-state index in [0.717, 1.165) is 43.3 Å². The van der Waals surface area contributed by atoms with E-state index in [1.807, 2.05) is 6.92 Å². The molecule has 1 fully saturated rings. The zero-order chi connectivity index (χ0) is 13.1. The molecule has 18 heavy (non-hydrogen) atoms. The summed E-state index contributed by atoms with van der Waals surface area (Å²) in [7, 11) is 0. The van der Waals surface area contributed by atoms with Crippen molar-refractivity contribution in [2.75, 3.05) is 31.1 Å². The molecule has 1 atom stereocenters. The second kappa shape index (κ2) is 5.89. The van der Waals surface area contributed by atoms with E-state index in [1.165, 1.54) is 0 Å². The van der Waals surface area contributed by atoms with Crippen molar-refractivity contribution in [1.29, 1.82) is 0 Å². The second-order valence-corrected chi connectivity index (χ2v) is 5.30. The fourth-order valence-electron chi connectivity index (χ4n) is 2.63. The maximum Gasteiger partial charge on any atom is 0.129 e. The van der Waals surface area contributed by atoms with Crippen LogP contribution in [0, 0.1) is 6.92 Å². The third-order valence-electron chi connectivity index (χ3n) is 3.65. The van der Waals surface area contributed by atoms with Gasteiger partial charge in [-0.15, -0.1) is 11.6 Å². The van der Waals surface area contributed by atoms with E-state index in [4.69, 9.17) is 11.6 Å². The van der Waals surface area contributed by atoms with Gasteiger partial charge in [0.2, 0.25) is 0 Å². The normalized spacial score (nSPS) is 21.3. The third-order valence-corrected chi connectivity index (χ3v) is 3.96. The number of halogens is 1. The fraction of sp³-hybridized carbons (Fsp3) is 0.643. The number of piperazine rings is 1. The van der Waals surface area contributed by atoms with Gasteiger partial charge in [-0.05, 0) is 38.1 Å². The molecule has 0 aliphatic carbocycles. The lowest BCUT2D eigenvalue weighted by Gasteiger charge is -2.40. The summed E-state index contributed by atoms with van der Waals surface area (Å²) in [6.45, 7) is 10.9. The third kappa shape index (κ3) is 2.96. The Balaban J connectivity index is 2.15. The van der Waals surface area contributed by atoms with Crippen LogP contribution in [-0.2, 0) is 5.88 Å². The molecule has 1 unspecified atom stereocenters. The number of hydrogen-bond donors (Lipinski definition) is 0. The molecule has 0 amide bonds. The summed E-state index contributed by atoms with van der Waals surface area (Å²) >= 11 is 5.93. The van der Waals surface area contributed by atoms with Gasteiger partial charge in [-0.2, -0.15) is 0 Å². The minimum absolute atomic E-state index is 0.556. The van der Waals surface area contributed by atoms with Crippen molar-refractivity contribution in [3.8, 4) is 0 Å². The first-order chi connectivity index (χ1) is 8.63. The molecule has 4 heteroatoms. The number of likely N-dealkylation sites (N-methyl/N-ethyl adjacent to an activating group) is 1. The molecule has 0 spiro atoms. The SMILES string of the molecule is CCN1CCN(c2cc(CCl)cc(C)n2)CC1C. The van der Waals surface area contributed by atoms with Crippen molar-refractivity contribution < 1.29 is 0 Å². The summed E-state index contributed by atoms with van der Waals surface area (Å²) < 4.78 is 0. The number of hydrogen-bond acceptors (Lipinski definition) is 3. The standard InChI is InChI=1S/C14H22ClN3/c1-4-17-5-6-18(10-12(17)3)14-8-13(9-15)7-11(2)16-14/h7-8,12H,4-6,9-10H2,1-3H3. The number of pyridine rings is 1. The lowest BCUT2D eigenvalue weighted by Crippen LogP contribution is -2.52. The minimum atomic E-state index is 0.556. The number of rotatable bonds is 3. The zero-order valence-electron chi connectivity index (χ0n) is 11.5. The van der Waals surface area contributed by atoms with Crippen LogP contribution >= 0.6 is 11.6 Å². The molecule has 1 aromatic rings. The van der Waals surface area contributed by atoms with Gasteiger partial charge in [-0.1, -0.05) is 6.92 Å². The van der Waals surface area contributed by atoms with Crippen LogP contribution in [0.5, 0.6) is 0 Å². The topological polar surface area (TPSA) is 19.4 Å². The molecule has 0 aromatic carbocycles. The number of alkyl halides is 1. The maximum absolute atomic E-state index is 5.93. The van der Waals surface area contributed by atoms with E-state index in [0.29, 0.717) is 11.9 Å². The van der Waals surface area contributed by atoms with Crippen LogP contribution in [-0.4, -0.2) is 42.1 Å². The van der Waals surface area contributed by atoms with E-state index in [-0.39, 0.29) is 0 Å². The summed E-state index contributed by atoms with van der Waals surface area (Å²) in [5.74, 6) is 1.63. The Morgan fingerprint density at radius 2 is 2.17 bits per heavy atom. The van der Waals surface area contributed by atoms with Gasteiger partial charge in [0.15, 0.2) is 0 Å². The van der Waals surface area contributed by atoms with Crippen LogP contribution in [0.1, 0.15) is 25.1 Å². The first-order valence-electron chi connectivity index (χ1n) is 6.66. The molecule has 2 rings (SSSR count). The Morgan fingerprint density at radius 1 is 1.39 bits per heavy atom. The molecule has 1 saturated heterocycles. The number of aryl methyl sites for hydroxylation is 1. The summed E-state index contributed by atoms with van der Waals surface area (Å²) in [4.78, 5) is 9.52. The number of anilines is 1. The number of aromatic nitrogens is 1. The van der Waals surface area contributed by atoms with E-state index in [2.05, 4.69) is 40.8 Å². The van der Waals surface area contributed by atoms with Crippen molar-refractivity contribution in [2.45, 2.75) is 32.7 Å². The molecule has 0 saturated carbocycles. The predicted molar refractivity (Wildman–Crippen MR) is 77.5 cm³/mol. The van der Waals surface area contributed by atoms with Crippen LogP contribution < -0.4 is 4.90 Å². The van der Waals surface area contributed by atoms with Crippen LogP contribution in [0.4, 0.5) is 5.82 Å². The molecule has 2 heterocycles. The molecule has 1 aliphatic heterocycles. The zero-order valence-corrected chi connectivity index (χ0v) is 12.2. The molecular weight excluding hydrogens is 246 g/mol. The van der Waals surface area contributed by atoms with Gasteiger partial charge in [0.05, 0.1) is 0 Å². The molecule has 0 radical (unpaired) electrons. The highest BCUT2D eigenvalue weighted by molar-refractivity contribution is 6.17. The summed E-state index contributed by atoms with van der Waals surface area (Å²) in [6, 6.07) is 4.77. The van der Waals surface area contributed by atoms with Crippen LogP contribution in [0.3, 0.4) is 0 Å². The monoisotopic (exact) mass is 267 g/mol. The molecule has 1 aliphatic rings. The Hall–Kier alpha value is -0.800. The highest BCUT2D eigenvalue weighted by atomic mass is 35.5. The molecule has 0 bridgehead atoms. The van der Waals surface area contributed by atoms with Crippen molar-refractivity contribution in [3.05, 3.63) is 23.4 Å². The predicted octanol–water partition coefficient (Wildman–Crippen LogP) is 2.66. The molecule has 1 aromatic heterocycles. The highest BCUT2D eigenvalue weighted by Gasteiger charge is 2.23. The fourth-order valence-corrected chi connectivity index (χ4v) is 2.79. The Bertz CT molecular complexity index is 408. The Kier molecular flexibility index (Phi) is 4.46. The van der Waals surface area contributed by atoms with Crippen molar-refractivity contribution in [3.63, 3.8) is 0 Å². The van der Waals surface area contributed by atoms with Crippen LogP contribution in [0.25, 0.3) is 0 Å². The molecular formula is C14H22ClN3. The average Bonchev–Trinajstić information content (AvgIpc) is 2.37. The van der Waals surface area contributed by atoms with Gasteiger partial charge in [0, 0.05) is 37.3 Å². The summed E-state index contributed by atoms with van der Waals surface area (Å²) in [5, 5.41) is 0. The Morgan fingerprint density at radius 3 is 2.78 bits per heavy atom. The lowest BCUT2D eigenvalue weighted by molar-refractivity contribution is 0.199. The minimum Gasteiger partial charge on any atom is -0.354 e. The molecule has 100 valence electrons. The van der Waals surface area contributed by atoms with Gasteiger partial charge in [0.1, 0.15) is 5.82 Å². The summed E-state index contributed by atoms with van der Waals surface area (Å²) in [6.07, 6.45) is 0. The average molecular weight is 268 g/mol. The largest absolute Gasteiger partial charge is 0.354 e. The Labute approximate surface area is 115 Å². The van der Waals surface area contributed by atoms with E-state index >= 15 is 0 Å². The maximum atomic E-state index is 5.93. The number of nitrogens with zero attached hydrogens (tertiary/aromatic N) is 3. The van der Waals surface area contributed by atoms with E-state index in [1.54, 1.807) is 0 Å². The second-order valence-electron chi connectivity index (χ2n) is 5.03. The van der Waals surface area contributed by atoms with Crippen LogP contribution in [0.2, 0.25) is 0 Å². The molecule has 3 nitrogen and oxygen atoms in total. The van der Waals surface area contributed by atoms with Gasteiger partial charge in [-0.3, -0.25) is 4.90 Å². The van der Waals surface area contributed by atoms with E-state index < -0.39 is 0 Å². The van der Waals surface area contributed by atoms with Gasteiger partial charge in [0.25, 0.3) is 0 Å². The lowest BCUT2D eigenvalue weighted by atomic mass is 10.1. The first kappa shape index (κ1) is 13.6. The van der Waals surface area contributed by atoms with Crippen molar-refractivity contribution >= 4 is 17.4 Å². The van der Waals surface area contributed by atoms with Crippen molar-refractivity contribution in [2.24, 2.45) is 0 Å². The van der Waals surface area contributed by atoms with Gasteiger partial charge >= 0.3 is 0 Å². The van der Waals surface area contributed by atoms with E-state index in [9.17, 15) is 0 Å².